The molecule has 0 amide bonds. The molecule has 230 valence electrons. The second-order valence-electron chi connectivity index (χ2n) is 11.3. The van der Waals surface area contributed by atoms with Crippen LogP contribution in [0, 0.1) is 11.8 Å². The van der Waals surface area contributed by atoms with E-state index in [1.54, 1.807) is 13.8 Å². The third-order valence-corrected chi connectivity index (χ3v) is 8.26. The molecule has 0 aliphatic carbocycles. The Hall–Kier alpha value is -0.600. The Morgan fingerprint density at radius 3 is 1.56 bits per heavy atom. The monoisotopic (exact) mass is 569 g/mol. The Balaban J connectivity index is 1.51. The molecule has 3 heterocycles. The molecule has 0 aromatic heterocycles. The lowest BCUT2D eigenvalue weighted by molar-refractivity contribution is -0.221. The van der Waals surface area contributed by atoms with Gasteiger partial charge in [0, 0.05) is 11.8 Å². The molecule has 13 N–H and O–H groups in total. The van der Waals surface area contributed by atoms with Crippen LogP contribution in [0.5, 0.6) is 0 Å². The van der Waals surface area contributed by atoms with Crippen LogP contribution >= 0.6 is 0 Å². The van der Waals surface area contributed by atoms with Gasteiger partial charge in [-0.2, -0.15) is 0 Å². The molecule has 14 atom stereocenters. The van der Waals surface area contributed by atoms with Crippen molar-refractivity contribution in [3.05, 3.63) is 0 Å². The van der Waals surface area contributed by atoms with E-state index in [0.717, 1.165) is 0 Å². The van der Waals surface area contributed by atoms with E-state index in [1.807, 2.05) is 0 Å². The second kappa shape index (κ2) is 14.0. The highest BCUT2D eigenvalue weighted by Crippen LogP contribution is 2.33. The Labute approximate surface area is 227 Å². The van der Waals surface area contributed by atoms with Crippen molar-refractivity contribution in [2.24, 2.45) is 29.0 Å². The molecule has 3 aliphatic rings. The number of aliphatic hydroxyl groups is 7. The first-order valence-corrected chi connectivity index (χ1v) is 13.3. The fourth-order valence-electron chi connectivity index (χ4n) is 5.51. The van der Waals surface area contributed by atoms with Gasteiger partial charge in [0.2, 0.25) is 0 Å². The molecule has 0 radical (unpaired) electrons. The molecule has 0 bridgehead atoms. The lowest BCUT2D eigenvalue weighted by Gasteiger charge is -2.48. The van der Waals surface area contributed by atoms with Crippen LogP contribution in [-0.2, 0) is 23.7 Å². The number of hydrogen-bond donors (Lipinski definition) is 10. The van der Waals surface area contributed by atoms with Crippen molar-refractivity contribution in [2.45, 2.75) is 92.5 Å². The Morgan fingerprint density at radius 1 is 0.590 bits per heavy atom. The third kappa shape index (κ3) is 7.25. The van der Waals surface area contributed by atoms with E-state index in [9.17, 15) is 35.7 Å². The van der Waals surface area contributed by atoms with Gasteiger partial charge < -0.3 is 76.6 Å². The Kier molecular flexibility index (Phi) is 11.9. The average molecular weight is 570 g/mol. The number of hydrogen-bond acceptors (Lipinski definition) is 15. The minimum absolute atomic E-state index is 0.00773. The van der Waals surface area contributed by atoms with E-state index in [4.69, 9.17) is 40.9 Å². The lowest BCUT2D eigenvalue weighted by atomic mass is 9.80. The Bertz CT molecular complexity index is 747. The summed E-state index contributed by atoms with van der Waals surface area (Å²) < 4.78 is 28.7. The highest BCUT2D eigenvalue weighted by atomic mass is 16.6. The summed E-state index contributed by atoms with van der Waals surface area (Å²) in [6.45, 7) is 1.94. The molecule has 15 heteroatoms. The third-order valence-electron chi connectivity index (χ3n) is 8.26. The van der Waals surface area contributed by atoms with Gasteiger partial charge in [0.25, 0.3) is 0 Å². The highest BCUT2D eigenvalue weighted by molar-refractivity contribution is 5.00. The van der Waals surface area contributed by atoms with Crippen molar-refractivity contribution >= 4 is 0 Å². The molecule has 15 nitrogen and oxygen atoms in total. The minimum Gasteiger partial charge on any atom is -0.394 e. The summed E-state index contributed by atoms with van der Waals surface area (Å²) in [6, 6.07) is -2.56. The van der Waals surface area contributed by atoms with Gasteiger partial charge in [-0.1, -0.05) is 0 Å². The maximum absolute atomic E-state index is 10.9. The maximum Gasteiger partial charge on any atom is 0.110 e. The van der Waals surface area contributed by atoms with Crippen LogP contribution < -0.4 is 17.2 Å². The van der Waals surface area contributed by atoms with Crippen molar-refractivity contribution < 1.29 is 59.4 Å². The summed E-state index contributed by atoms with van der Waals surface area (Å²) >= 11 is 0. The topological polar surface area (TPSA) is 266 Å². The van der Waals surface area contributed by atoms with Gasteiger partial charge >= 0.3 is 0 Å². The first-order chi connectivity index (χ1) is 18.4. The van der Waals surface area contributed by atoms with E-state index < -0.39 is 104 Å². The molecule has 3 saturated heterocycles. The van der Waals surface area contributed by atoms with Crippen molar-refractivity contribution in [1.29, 1.82) is 0 Å². The highest BCUT2D eigenvalue weighted by Gasteiger charge is 2.48. The van der Waals surface area contributed by atoms with Crippen LogP contribution in [0.25, 0.3) is 0 Å². The van der Waals surface area contributed by atoms with E-state index >= 15 is 0 Å². The number of aliphatic hydroxyl groups excluding tert-OH is 7. The summed E-state index contributed by atoms with van der Waals surface area (Å²) in [5.74, 6) is -1.31. The molecule has 0 saturated carbocycles. The molecule has 0 aromatic carbocycles. The SMILES string of the molecule is CC1(C)OC(CO)[C@@H](COC[C@@H]2OC(CO)[C@@H](COC[C@@H]3OC(CO)[C@@H](O)[C@@H](O)C3N)[C@@H](O)C2N)[C@@H](O)C1N. The zero-order valence-electron chi connectivity index (χ0n) is 22.4. The largest absolute Gasteiger partial charge is 0.394 e. The molecular formula is C24H47N3O12. The van der Waals surface area contributed by atoms with Gasteiger partial charge in [-0.25, -0.2) is 0 Å². The molecule has 3 fully saturated rings. The van der Waals surface area contributed by atoms with Crippen LogP contribution in [0.2, 0.25) is 0 Å². The van der Waals surface area contributed by atoms with Gasteiger partial charge in [0.1, 0.15) is 18.3 Å². The van der Waals surface area contributed by atoms with Crippen molar-refractivity contribution in [1.82, 2.24) is 0 Å². The van der Waals surface area contributed by atoms with Crippen LogP contribution in [0.1, 0.15) is 13.8 Å². The van der Waals surface area contributed by atoms with Crippen molar-refractivity contribution in [3.8, 4) is 0 Å². The average Bonchev–Trinajstić information content (AvgIpc) is 2.91. The predicted octanol–water partition coefficient (Wildman–Crippen LogP) is -5.63. The van der Waals surface area contributed by atoms with E-state index in [2.05, 4.69) is 0 Å². The predicted molar refractivity (Wildman–Crippen MR) is 134 cm³/mol. The minimum atomic E-state index is -1.34. The van der Waals surface area contributed by atoms with Crippen LogP contribution in [-0.4, -0.2) is 161 Å². The summed E-state index contributed by atoms with van der Waals surface area (Å²) in [5, 5.41) is 70.6. The van der Waals surface area contributed by atoms with E-state index in [0.29, 0.717) is 0 Å². The Morgan fingerprint density at radius 2 is 1.05 bits per heavy atom. The zero-order valence-corrected chi connectivity index (χ0v) is 22.4. The molecule has 6 unspecified atom stereocenters. The second-order valence-corrected chi connectivity index (χ2v) is 11.3. The summed E-state index contributed by atoms with van der Waals surface area (Å²) in [5.41, 5.74) is 17.4. The number of ether oxygens (including phenoxy) is 5. The quantitative estimate of drug-likeness (QED) is 0.111. The molecule has 39 heavy (non-hydrogen) atoms. The van der Waals surface area contributed by atoms with E-state index in [1.165, 1.54) is 0 Å². The summed E-state index contributed by atoms with van der Waals surface area (Å²) in [7, 11) is 0. The number of nitrogens with two attached hydrogens (primary N) is 3. The van der Waals surface area contributed by atoms with Gasteiger partial charge in [0.15, 0.2) is 0 Å². The van der Waals surface area contributed by atoms with Gasteiger partial charge in [-0.15, -0.1) is 0 Å². The van der Waals surface area contributed by atoms with Gasteiger partial charge in [0.05, 0.1) is 107 Å². The van der Waals surface area contributed by atoms with Gasteiger partial charge in [-0.05, 0) is 13.8 Å². The van der Waals surface area contributed by atoms with Crippen molar-refractivity contribution in [2.75, 3.05) is 46.2 Å². The standard InChI is InChI=1S/C24H47N3O12/c1-24(2)23(27)20(32)11(13(4-29)39-24)7-36-8-15-17(25)19(31)10(12(3-28)37-15)6-35-9-16-18(26)22(34)21(33)14(5-30)38-16/h10-23,28-34H,3-9,25-27H2,1-2H3/t10-,11-,12?,13?,14?,15+,16+,17?,18?,19-,20-,21-,22+,23?/m1/s1. The summed E-state index contributed by atoms with van der Waals surface area (Å²) in [4.78, 5) is 0. The van der Waals surface area contributed by atoms with Crippen LogP contribution in [0.4, 0.5) is 0 Å². The smallest absolute Gasteiger partial charge is 0.110 e. The summed E-state index contributed by atoms with van der Waals surface area (Å²) in [6.07, 6.45) is -8.93. The molecule has 3 rings (SSSR count). The first kappa shape index (κ1) is 32.9. The fraction of sp³-hybridized carbons (Fsp3) is 1.00. The lowest BCUT2D eigenvalue weighted by Crippen LogP contribution is -2.65. The normalized spacial score (nSPS) is 46.8. The number of rotatable bonds is 11. The van der Waals surface area contributed by atoms with Crippen molar-refractivity contribution in [3.63, 3.8) is 0 Å². The zero-order chi connectivity index (χ0) is 29.1. The molecule has 3 aliphatic heterocycles. The first-order valence-electron chi connectivity index (χ1n) is 13.3. The fourth-order valence-corrected chi connectivity index (χ4v) is 5.51. The van der Waals surface area contributed by atoms with Gasteiger partial charge in [-0.3, -0.25) is 0 Å². The molecule has 0 aromatic rings. The maximum atomic E-state index is 10.9. The van der Waals surface area contributed by atoms with Crippen LogP contribution in [0.15, 0.2) is 0 Å². The molecular weight excluding hydrogens is 522 g/mol. The molecule has 0 spiro atoms. The van der Waals surface area contributed by atoms with Crippen LogP contribution in [0.3, 0.4) is 0 Å². The van der Waals surface area contributed by atoms with E-state index in [-0.39, 0.29) is 33.0 Å².